The van der Waals surface area contributed by atoms with Gasteiger partial charge in [-0.1, -0.05) is 12.1 Å². The van der Waals surface area contributed by atoms with E-state index in [-0.39, 0.29) is 18.7 Å². The lowest BCUT2D eigenvalue weighted by molar-refractivity contribution is -0.131. The highest BCUT2D eigenvalue weighted by atomic mass is 16.4. The number of rotatable bonds is 5. The maximum absolute atomic E-state index is 11.9. The van der Waals surface area contributed by atoms with Crippen LogP contribution >= 0.6 is 0 Å². The topological polar surface area (TPSA) is 89.9 Å². The zero-order valence-corrected chi connectivity index (χ0v) is 11.4. The molecule has 1 rings (SSSR count). The molecule has 0 radical (unpaired) electrons. The van der Waals surface area contributed by atoms with Gasteiger partial charge in [-0.05, 0) is 30.7 Å². The van der Waals surface area contributed by atoms with Gasteiger partial charge in [0.1, 0.15) is 0 Å². The van der Waals surface area contributed by atoms with Crippen molar-refractivity contribution >= 4 is 23.8 Å². The molecule has 6 nitrogen and oxygen atoms in total. The van der Waals surface area contributed by atoms with Crippen molar-refractivity contribution in [3.05, 3.63) is 35.9 Å². The Hall–Kier alpha value is -2.34. The van der Waals surface area contributed by atoms with Gasteiger partial charge in [0.2, 0.25) is 0 Å². The highest BCUT2D eigenvalue weighted by Gasteiger charge is 2.14. The molecule has 0 aliphatic carbocycles. The van der Waals surface area contributed by atoms with Gasteiger partial charge in [0.25, 0.3) is 0 Å². The standard InChI is InChI=1S/C14H18N2O4/c1-10(9-17)16(2)14(20)15-12-5-3-4-11(8-12)6-7-13(18)19/h3-8,10,17H,9H2,1-2H3,(H,15,20)(H,18,19)/b7-6+. The highest BCUT2D eigenvalue weighted by Crippen LogP contribution is 2.13. The van der Waals surface area contributed by atoms with E-state index >= 15 is 0 Å². The molecule has 1 aromatic rings. The molecule has 0 saturated heterocycles. The van der Waals surface area contributed by atoms with Crippen LogP contribution in [0.4, 0.5) is 10.5 Å². The van der Waals surface area contributed by atoms with E-state index in [0.717, 1.165) is 6.08 Å². The predicted molar refractivity (Wildman–Crippen MR) is 76.4 cm³/mol. The summed E-state index contributed by atoms with van der Waals surface area (Å²) in [5.74, 6) is -1.03. The average molecular weight is 278 g/mol. The van der Waals surface area contributed by atoms with Crippen LogP contribution in [0.1, 0.15) is 12.5 Å². The Kier molecular flexibility index (Phi) is 5.74. The van der Waals surface area contributed by atoms with Crippen molar-refractivity contribution < 1.29 is 19.8 Å². The molecule has 0 fully saturated rings. The van der Waals surface area contributed by atoms with E-state index in [1.807, 2.05) is 0 Å². The molecule has 0 aromatic heterocycles. The van der Waals surface area contributed by atoms with Gasteiger partial charge in [0.15, 0.2) is 0 Å². The number of hydrogen-bond donors (Lipinski definition) is 3. The van der Waals surface area contributed by atoms with E-state index in [9.17, 15) is 9.59 Å². The molecule has 2 amide bonds. The van der Waals surface area contributed by atoms with E-state index in [2.05, 4.69) is 5.32 Å². The molecule has 0 spiro atoms. The summed E-state index contributed by atoms with van der Waals surface area (Å²) in [5.41, 5.74) is 1.22. The molecule has 1 aromatic carbocycles. The number of carbonyl (C=O) groups is 2. The number of urea groups is 1. The molecule has 0 bridgehead atoms. The van der Waals surface area contributed by atoms with Crippen molar-refractivity contribution in [2.24, 2.45) is 0 Å². The third-order valence-electron chi connectivity index (χ3n) is 2.80. The first-order valence-corrected chi connectivity index (χ1v) is 6.09. The molecule has 108 valence electrons. The Morgan fingerprint density at radius 1 is 1.45 bits per heavy atom. The maximum atomic E-state index is 11.9. The number of benzene rings is 1. The lowest BCUT2D eigenvalue weighted by Gasteiger charge is -2.23. The fourth-order valence-corrected chi connectivity index (χ4v) is 1.42. The Balaban J connectivity index is 2.76. The van der Waals surface area contributed by atoms with Gasteiger partial charge < -0.3 is 20.4 Å². The minimum Gasteiger partial charge on any atom is -0.478 e. The SMILES string of the molecule is CC(CO)N(C)C(=O)Nc1cccc(/C=C/C(=O)O)c1. The van der Waals surface area contributed by atoms with Gasteiger partial charge >= 0.3 is 12.0 Å². The molecule has 0 aliphatic heterocycles. The van der Waals surface area contributed by atoms with Crippen LogP contribution in [-0.4, -0.2) is 46.8 Å². The van der Waals surface area contributed by atoms with Crippen molar-refractivity contribution in [1.82, 2.24) is 4.90 Å². The number of hydrogen-bond acceptors (Lipinski definition) is 3. The van der Waals surface area contributed by atoms with Gasteiger partial charge in [0.05, 0.1) is 12.6 Å². The maximum Gasteiger partial charge on any atom is 0.328 e. The van der Waals surface area contributed by atoms with Crippen LogP contribution < -0.4 is 5.32 Å². The summed E-state index contributed by atoms with van der Waals surface area (Å²) in [6, 6.07) is 6.18. The Morgan fingerprint density at radius 3 is 2.75 bits per heavy atom. The molecular formula is C14H18N2O4. The minimum atomic E-state index is -1.03. The summed E-state index contributed by atoms with van der Waals surface area (Å²) in [6.07, 6.45) is 2.47. The number of carboxylic acid groups (broad SMARTS) is 1. The monoisotopic (exact) mass is 278 g/mol. The minimum absolute atomic E-state index is 0.120. The van der Waals surface area contributed by atoms with Crippen LogP contribution in [0.15, 0.2) is 30.3 Å². The lowest BCUT2D eigenvalue weighted by atomic mass is 10.2. The Morgan fingerprint density at radius 2 is 2.15 bits per heavy atom. The molecule has 20 heavy (non-hydrogen) atoms. The molecule has 1 atom stereocenters. The third-order valence-corrected chi connectivity index (χ3v) is 2.80. The highest BCUT2D eigenvalue weighted by molar-refractivity contribution is 5.90. The number of carboxylic acids is 1. The fourth-order valence-electron chi connectivity index (χ4n) is 1.42. The van der Waals surface area contributed by atoms with Gasteiger partial charge in [0, 0.05) is 18.8 Å². The van der Waals surface area contributed by atoms with Crippen molar-refractivity contribution in [3.8, 4) is 0 Å². The van der Waals surface area contributed by atoms with Crippen molar-refractivity contribution in [3.63, 3.8) is 0 Å². The molecule has 0 aliphatic rings. The predicted octanol–water partition coefficient (Wildman–Crippen LogP) is 1.63. The van der Waals surface area contributed by atoms with Crippen molar-refractivity contribution in [1.29, 1.82) is 0 Å². The molecule has 0 saturated carbocycles. The van der Waals surface area contributed by atoms with Crippen LogP contribution in [0.3, 0.4) is 0 Å². The summed E-state index contributed by atoms with van der Waals surface area (Å²) in [7, 11) is 1.59. The lowest BCUT2D eigenvalue weighted by Crippen LogP contribution is -2.40. The second kappa shape index (κ2) is 7.30. The van der Waals surface area contributed by atoms with Crippen LogP contribution in [0.5, 0.6) is 0 Å². The largest absolute Gasteiger partial charge is 0.478 e. The summed E-state index contributed by atoms with van der Waals surface area (Å²) in [6.45, 7) is 1.61. The Bertz CT molecular complexity index is 514. The van der Waals surface area contributed by atoms with Crippen molar-refractivity contribution in [2.75, 3.05) is 19.0 Å². The second-order valence-corrected chi connectivity index (χ2v) is 4.37. The normalized spacial score (nSPS) is 12.2. The smallest absolute Gasteiger partial charge is 0.328 e. The first-order valence-electron chi connectivity index (χ1n) is 6.09. The molecule has 3 N–H and O–H groups in total. The van der Waals surface area contributed by atoms with Gasteiger partial charge in [-0.3, -0.25) is 0 Å². The number of nitrogens with one attached hydrogen (secondary N) is 1. The van der Waals surface area contributed by atoms with Gasteiger partial charge in [-0.25, -0.2) is 9.59 Å². The van der Waals surface area contributed by atoms with Crippen LogP contribution in [0, 0.1) is 0 Å². The van der Waals surface area contributed by atoms with Crippen LogP contribution in [-0.2, 0) is 4.79 Å². The van der Waals surface area contributed by atoms with Gasteiger partial charge in [-0.2, -0.15) is 0 Å². The Labute approximate surface area is 117 Å². The summed E-state index contributed by atoms with van der Waals surface area (Å²) < 4.78 is 0. The number of likely N-dealkylation sites (N-methyl/N-ethyl adjacent to an activating group) is 1. The first kappa shape index (κ1) is 15.7. The zero-order valence-electron chi connectivity index (χ0n) is 11.4. The van der Waals surface area contributed by atoms with Crippen LogP contribution in [0.2, 0.25) is 0 Å². The summed E-state index contributed by atoms with van der Waals surface area (Å²) in [4.78, 5) is 23.7. The van der Waals surface area contributed by atoms with E-state index in [4.69, 9.17) is 10.2 Å². The molecular weight excluding hydrogens is 260 g/mol. The number of nitrogens with zero attached hydrogens (tertiary/aromatic N) is 1. The summed E-state index contributed by atoms with van der Waals surface area (Å²) >= 11 is 0. The summed E-state index contributed by atoms with van der Waals surface area (Å²) in [5, 5.41) is 20.2. The number of amides is 2. The number of anilines is 1. The number of aliphatic hydroxyl groups excluding tert-OH is 1. The quantitative estimate of drug-likeness (QED) is 0.714. The van der Waals surface area contributed by atoms with E-state index in [0.29, 0.717) is 11.3 Å². The van der Waals surface area contributed by atoms with E-state index < -0.39 is 5.97 Å². The number of aliphatic hydroxyl groups is 1. The second-order valence-electron chi connectivity index (χ2n) is 4.37. The van der Waals surface area contributed by atoms with Crippen molar-refractivity contribution in [2.45, 2.75) is 13.0 Å². The van der Waals surface area contributed by atoms with E-state index in [1.165, 1.54) is 11.0 Å². The number of aliphatic carboxylic acids is 1. The molecule has 6 heteroatoms. The zero-order chi connectivity index (χ0) is 15.1. The molecule has 0 heterocycles. The van der Waals surface area contributed by atoms with Crippen LogP contribution in [0.25, 0.3) is 6.08 Å². The molecule has 1 unspecified atom stereocenters. The van der Waals surface area contributed by atoms with Gasteiger partial charge in [-0.15, -0.1) is 0 Å². The third kappa shape index (κ3) is 4.74. The average Bonchev–Trinajstić information content (AvgIpc) is 2.43. The van der Waals surface area contributed by atoms with E-state index in [1.54, 1.807) is 38.2 Å². The number of carbonyl (C=O) groups excluding carboxylic acids is 1. The fraction of sp³-hybridized carbons (Fsp3) is 0.286. The first-order chi connectivity index (χ1) is 9.43.